The van der Waals surface area contributed by atoms with E-state index in [1.165, 1.54) is 112 Å². The first-order valence-electron chi connectivity index (χ1n) is 15.0. The maximum atomic E-state index is 12.4. The third kappa shape index (κ3) is 8.19. The highest BCUT2D eigenvalue weighted by atomic mass is 19.1. The highest BCUT2D eigenvalue weighted by molar-refractivity contribution is 5.64. The molecule has 0 amide bonds. The van der Waals surface area contributed by atoms with Gasteiger partial charge in [-0.15, -0.1) is 0 Å². The second-order valence-electron chi connectivity index (χ2n) is 11.8. The summed E-state index contributed by atoms with van der Waals surface area (Å²) in [5.41, 5.74) is 5.64. The highest BCUT2D eigenvalue weighted by Gasteiger charge is 2.30. The van der Waals surface area contributed by atoms with Gasteiger partial charge in [-0.3, -0.25) is 4.39 Å². The van der Waals surface area contributed by atoms with Crippen molar-refractivity contribution in [2.75, 3.05) is 6.67 Å². The molecule has 2 saturated carbocycles. The molecule has 2 fully saturated rings. The van der Waals surface area contributed by atoms with Crippen molar-refractivity contribution in [2.24, 2.45) is 23.7 Å². The van der Waals surface area contributed by atoms with Crippen molar-refractivity contribution in [1.29, 1.82) is 0 Å². The lowest BCUT2D eigenvalue weighted by atomic mass is 9.68. The summed E-state index contributed by atoms with van der Waals surface area (Å²) in [5, 5.41) is 0. The van der Waals surface area contributed by atoms with Gasteiger partial charge in [0.05, 0.1) is 6.67 Å². The van der Waals surface area contributed by atoms with Gasteiger partial charge in [-0.1, -0.05) is 100 Å². The first kappa shape index (κ1) is 26.4. The van der Waals surface area contributed by atoms with E-state index in [1.807, 2.05) is 0 Å². The molecule has 0 nitrogen and oxygen atoms in total. The standard InChI is InChI=1S/C34H49F/c1-2-3-6-27-10-18-31(19-11-27)33-22-14-29(15-23-33)8-9-30-16-24-34(25-17-30)32-20-12-28(13-21-32)7-4-5-26-35/h10-11,14-15,18-19,22-23,28,30,32,34H,2-9,12-13,16-17,20-21,24-26H2,1H3/t28-,30?,32-,34?. The molecule has 0 aromatic heterocycles. The lowest BCUT2D eigenvalue weighted by Crippen LogP contribution is -2.26. The second kappa shape index (κ2) is 14.2. The van der Waals surface area contributed by atoms with E-state index in [1.54, 1.807) is 0 Å². The van der Waals surface area contributed by atoms with E-state index in [0.29, 0.717) is 0 Å². The highest BCUT2D eigenvalue weighted by Crippen LogP contribution is 2.43. The van der Waals surface area contributed by atoms with Crippen LogP contribution in [0.3, 0.4) is 0 Å². The Morgan fingerprint density at radius 2 is 1.06 bits per heavy atom. The van der Waals surface area contributed by atoms with Crippen LogP contribution in [0.25, 0.3) is 11.1 Å². The summed E-state index contributed by atoms with van der Waals surface area (Å²) in [6, 6.07) is 18.5. The summed E-state index contributed by atoms with van der Waals surface area (Å²) in [5.74, 6) is 3.80. The number of hydrogen-bond donors (Lipinski definition) is 0. The predicted octanol–water partition coefficient (Wildman–Crippen LogP) is 10.4. The van der Waals surface area contributed by atoms with Crippen LogP contribution in [-0.4, -0.2) is 6.67 Å². The third-order valence-electron chi connectivity index (χ3n) is 9.35. The Balaban J connectivity index is 1.15. The van der Waals surface area contributed by atoms with Gasteiger partial charge in [-0.05, 0) is 104 Å². The maximum absolute atomic E-state index is 12.4. The molecule has 2 aliphatic carbocycles. The average Bonchev–Trinajstić information content (AvgIpc) is 2.92. The van der Waals surface area contributed by atoms with E-state index in [9.17, 15) is 4.39 Å². The second-order valence-corrected chi connectivity index (χ2v) is 11.8. The van der Waals surface area contributed by atoms with Gasteiger partial charge in [0.1, 0.15) is 0 Å². The topological polar surface area (TPSA) is 0 Å². The Labute approximate surface area is 215 Å². The fourth-order valence-electron chi connectivity index (χ4n) is 6.90. The zero-order valence-electron chi connectivity index (χ0n) is 22.3. The monoisotopic (exact) mass is 476 g/mol. The molecule has 0 aliphatic heterocycles. The lowest BCUT2D eigenvalue weighted by Gasteiger charge is -2.38. The summed E-state index contributed by atoms with van der Waals surface area (Å²) in [4.78, 5) is 0. The molecule has 35 heavy (non-hydrogen) atoms. The minimum absolute atomic E-state index is 0.127. The van der Waals surface area contributed by atoms with Crippen LogP contribution in [0.4, 0.5) is 4.39 Å². The largest absolute Gasteiger partial charge is 0.251 e. The smallest absolute Gasteiger partial charge is 0.0894 e. The summed E-state index contributed by atoms with van der Waals surface area (Å²) in [6.45, 7) is 2.13. The summed E-state index contributed by atoms with van der Waals surface area (Å²) < 4.78 is 12.4. The Morgan fingerprint density at radius 3 is 1.54 bits per heavy atom. The van der Waals surface area contributed by atoms with Gasteiger partial charge in [0.2, 0.25) is 0 Å². The summed E-state index contributed by atoms with van der Waals surface area (Å²) >= 11 is 0. The van der Waals surface area contributed by atoms with Crippen LogP contribution in [0.5, 0.6) is 0 Å². The summed E-state index contributed by atoms with van der Waals surface area (Å²) in [7, 11) is 0. The molecule has 1 heteroatoms. The third-order valence-corrected chi connectivity index (χ3v) is 9.35. The van der Waals surface area contributed by atoms with Crippen LogP contribution < -0.4 is 0 Å². The molecule has 0 unspecified atom stereocenters. The molecule has 0 N–H and O–H groups in total. The fraction of sp³-hybridized carbons (Fsp3) is 0.647. The molecule has 0 heterocycles. The van der Waals surface area contributed by atoms with Crippen LogP contribution in [0.2, 0.25) is 0 Å². The van der Waals surface area contributed by atoms with Crippen LogP contribution >= 0.6 is 0 Å². The average molecular weight is 477 g/mol. The van der Waals surface area contributed by atoms with Crippen molar-refractivity contribution >= 4 is 0 Å². The first-order valence-corrected chi connectivity index (χ1v) is 15.0. The van der Waals surface area contributed by atoms with E-state index in [-0.39, 0.29) is 6.67 Å². The van der Waals surface area contributed by atoms with E-state index >= 15 is 0 Å². The van der Waals surface area contributed by atoms with Gasteiger partial charge in [0.25, 0.3) is 0 Å². The molecule has 0 spiro atoms. The molecule has 0 bridgehead atoms. The Morgan fingerprint density at radius 1 is 0.571 bits per heavy atom. The van der Waals surface area contributed by atoms with E-state index in [0.717, 1.165) is 36.5 Å². The number of halogens is 1. The van der Waals surface area contributed by atoms with Crippen molar-refractivity contribution < 1.29 is 4.39 Å². The quantitative estimate of drug-likeness (QED) is 0.267. The molecule has 2 aliphatic rings. The molecular formula is C34H49F. The van der Waals surface area contributed by atoms with Crippen LogP contribution in [0, 0.1) is 23.7 Å². The van der Waals surface area contributed by atoms with Crippen molar-refractivity contribution in [3.05, 3.63) is 59.7 Å². The number of unbranched alkanes of at least 4 members (excludes halogenated alkanes) is 2. The SMILES string of the molecule is CCCCc1ccc(-c2ccc(CCC3CCC([C@H]4CC[C@H](CCCCF)CC4)CC3)cc2)cc1. The van der Waals surface area contributed by atoms with Crippen molar-refractivity contribution in [3.8, 4) is 11.1 Å². The Kier molecular flexibility index (Phi) is 10.7. The lowest BCUT2D eigenvalue weighted by molar-refractivity contribution is 0.140. The molecular weight excluding hydrogens is 427 g/mol. The number of aryl methyl sites for hydroxylation is 2. The van der Waals surface area contributed by atoms with Crippen LogP contribution in [0.1, 0.15) is 108 Å². The summed E-state index contributed by atoms with van der Waals surface area (Å²) in [6.07, 6.45) is 21.0. The molecule has 0 saturated heterocycles. The van der Waals surface area contributed by atoms with Crippen molar-refractivity contribution in [2.45, 2.75) is 110 Å². The number of hydrogen-bond acceptors (Lipinski definition) is 0. The van der Waals surface area contributed by atoms with Gasteiger partial charge in [0, 0.05) is 0 Å². The van der Waals surface area contributed by atoms with Gasteiger partial charge >= 0.3 is 0 Å². The predicted molar refractivity (Wildman–Crippen MR) is 150 cm³/mol. The van der Waals surface area contributed by atoms with E-state index < -0.39 is 0 Å². The number of alkyl halides is 1. The van der Waals surface area contributed by atoms with Crippen LogP contribution in [0.15, 0.2) is 48.5 Å². The molecule has 0 radical (unpaired) electrons. The van der Waals surface area contributed by atoms with Gasteiger partial charge in [-0.25, -0.2) is 0 Å². The van der Waals surface area contributed by atoms with Crippen molar-refractivity contribution in [3.63, 3.8) is 0 Å². The van der Waals surface area contributed by atoms with E-state index in [2.05, 4.69) is 55.5 Å². The van der Waals surface area contributed by atoms with Crippen LogP contribution in [-0.2, 0) is 12.8 Å². The maximum Gasteiger partial charge on any atom is 0.0894 e. The van der Waals surface area contributed by atoms with E-state index in [4.69, 9.17) is 0 Å². The zero-order chi connectivity index (χ0) is 24.3. The number of benzene rings is 2. The zero-order valence-corrected chi connectivity index (χ0v) is 22.3. The molecule has 192 valence electrons. The molecule has 2 aromatic rings. The van der Waals surface area contributed by atoms with Crippen molar-refractivity contribution in [1.82, 2.24) is 0 Å². The fourth-order valence-corrected chi connectivity index (χ4v) is 6.90. The Hall–Kier alpha value is -1.63. The van der Waals surface area contributed by atoms with Gasteiger partial charge < -0.3 is 0 Å². The van der Waals surface area contributed by atoms with Gasteiger partial charge in [-0.2, -0.15) is 0 Å². The Bertz CT molecular complexity index is 820. The normalized spacial score (nSPS) is 25.0. The minimum Gasteiger partial charge on any atom is -0.251 e. The molecule has 0 atom stereocenters. The molecule has 2 aromatic carbocycles. The number of rotatable bonds is 12. The first-order chi connectivity index (χ1) is 17.2. The minimum atomic E-state index is -0.127. The molecule has 4 rings (SSSR count). The van der Waals surface area contributed by atoms with Gasteiger partial charge in [0.15, 0.2) is 0 Å².